The van der Waals surface area contributed by atoms with Gasteiger partial charge in [-0.15, -0.1) is 0 Å². The molecule has 2 fully saturated rings. The number of piperidine rings is 1. The van der Waals surface area contributed by atoms with E-state index in [2.05, 4.69) is 26.1 Å². The van der Waals surface area contributed by atoms with E-state index >= 15 is 0 Å². The van der Waals surface area contributed by atoms with Crippen LogP contribution in [0.1, 0.15) is 72.1 Å². The lowest BCUT2D eigenvalue weighted by atomic mass is 9.67. The first kappa shape index (κ1) is 20.2. The fraction of sp³-hybridized carbons (Fsp3) is 0.900. The van der Waals surface area contributed by atoms with Gasteiger partial charge in [-0.2, -0.15) is 0 Å². The zero-order valence-electron chi connectivity index (χ0n) is 16.4. The van der Waals surface area contributed by atoms with Crippen molar-refractivity contribution in [3.63, 3.8) is 0 Å². The molecule has 1 saturated carbocycles. The Labute approximate surface area is 153 Å². The van der Waals surface area contributed by atoms with Crippen LogP contribution in [0.2, 0.25) is 0 Å². The van der Waals surface area contributed by atoms with Crippen molar-refractivity contribution in [3.05, 3.63) is 0 Å². The molecule has 144 valence electrons. The molecule has 0 aromatic carbocycles. The quantitative estimate of drug-likeness (QED) is 0.772. The molecule has 3 atom stereocenters. The lowest BCUT2D eigenvalue weighted by Crippen LogP contribution is -2.50. The molecule has 0 radical (unpaired) electrons. The number of rotatable bonds is 6. The van der Waals surface area contributed by atoms with Crippen molar-refractivity contribution in [2.24, 2.45) is 23.0 Å². The van der Waals surface area contributed by atoms with E-state index in [-0.39, 0.29) is 17.9 Å². The van der Waals surface area contributed by atoms with E-state index in [1.807, 2.05) is 4.90 Å². The smallest absolute Gasteiger partial charge is 0.223 e. The van der Waals surface area contributed by atoms with Gasteiger partial charge in [0.2, 0.25) is 11.8 Å². The van der Waals surface area contributed by atoms with Gasteiger partial charge in [-0.25, -0.2) is 0 Å². The highest BCUT2D eigenvalue weighted by molar-refractivity contribution is 5.78. The fourth-order valence-electron chi connectivity index (χ4n) is 5.06. The van der Waals surface area contributed by atoms with Crippen LogP contribution in [0.4, 0.5) is 0 Å². The average molecular weight is 352 g/mol. The predicted molar refractivity (Wildman–Crippen MR) is 101 cm³/mol. The summed E-state index contributed by atoms with van der Waals surface area (Å²) >= 11 is 0. The summed E-state index contributed by atoms with van der Waals surface area (Å²) in [5.74, 6) is 1.48. The van der Waals surface area contributed by atoms with Crippen molar-refractivity contribution in [2.45, 2.75) is 78.2 Å². The molecule has 1 saturated heterocycles. The van der Waals surface area contributed by atoms with Crippen LogP contribution in [0.5, 0.6) is 0 Å². The second-order valence-corrected chi connectivity index (χ2v) is 9.06. The van der Waals surface area contributed by atoms with E-state index < -0.39 is 0 Å². The predicted octanol–water partition coefficient (Wildman–Crippen LogP) is 2.69. The summed E-state index contributed by atoms with van der Waals surface area (Å²) in [5, 5.41) is 2.95. The van der Waals surface area contributed by atoms with Crippen LogP contribution in [-0.2, 0) is 9.59 Å². The van der Waals surface area contributed by atoms with Gasteiger partial charge < -0.3 is 16.0 Å². The zero-order valence-corrected chi connectivity index (χ0v) is 16.4. The van der Waals surface area contributed by atoms with Gasteiger partial charge in [0.25, 0.3) is 0 Å². The Bertz CT molecular complexity index is 464. The van der Waals surface area contributed by atoms with E-state index in [1.54, 1.807) is 0 Å². The highest BCUT2D eigenvalue weighted by Crippen LogP contribution is 2.43. The molecule has 5 nitrogen and oxygen atoms in total. The summed E-state index contributed by atoms with van der Waals surface area (Å²) in [5.41, 5.74) is 5.77. The van der Waals surface area contributed by atoms with Crippen LogP contribution in [0.3, 0.4) is 0 Å². The Hall–Kier alpha value is -1.10. The number of carbonyl (C=O) groups is 2. The van der Waals surface area contributed by atoms with Crippen LogP contribution in [0, 0.1) is 17.3 Å². The zero-order chi connectivity index (χ0) is 18.4. The number of carbonyl (C=O) groups excluding carboxylic acids is 2. The number of amides is 2. The van der Waals surface area contributed by atoms with Crippen LogP contribution in [-0.4, -0.2) is 42.4 Å². The van der Waals surface area contributed by atoms with Crippen LogP contribution >= 0.6 is 0 Å². The molecule has 1 aliphatic carbocycles. The molecule has 3 N–H and O–H groups in total. The Kier molecular flexibility index (Phi) is 7.29. The van der Waals surface area contributed by atoms with Gasteiger partial charge in [0, 0.05) is 38.5 Å². The first-order chi connectivity index (χ1) is 11.8. The standard InChI is InChI=1S/C20H37N3O2/c1-15-10-16(13-20(2,3)12-15)11-19(25)23-9-5-4-6-17(23)14-22-18(24)7-8-21/h15-17H,4-14,21H2,1-3H3,(H,22,24). The highest BCUT2D eigenvalue weighted by atomic mass is 16.2. The number of nitrogens with zero attached hydrogens (tertiary/aromatic N) is 1. The van der Waals surface area contributed by atoms with Crippen molar-refractivity contribution in [1.29, 1.82) is 0 Å². The molecule has 1 heterocycles. The molecule has 5 heteroatoms. The largest absolute Gasteiger partial charge is 0.354 e. The van der Waals surface area contributed by atoms with E-state index in [0.29, 0.717) is 43.2 Å². The van der Waals surface area contributed by atoms with E-state index in [4.69, 9.17) is 5.73 Å². The third-order valence-corrected chi connectivity index (χ3v) is 5.80. The second-order valence-electron chi connectivity index (χ2n) is 9.06. The van der Waals surface area contributed by atoms with E-state index in [0.717, 1.165) is 32.2 Å². The summed E-state index contributed by atoms with van der Waals surface area (Å²) in [6.07, 6.45) is 7.80. The van der Waals surface area contributed by atoms with Gasteiger partial charge in [0.05, 0.1) is 0 Å². The molecule has 3 unspecified atom stereocenters. The van der Waals surface area contributed by atoms with Crippen LogP contribution in [0.15, 0.2) is 0 Å². The monoisotopic (exact) mass is 351 g/mol. The average Bonchev–Trinajstić information content (AvgIpc) is 2.51. The molecule has 0 aromatic rings. The Morgan fingerprint density at radius 3 is 2.68 bits per heavy atom. The molecular formula is C20H37N3O2. The highest BCUT2D eigenvalue weighted by Gasteiger charge is 2.35. The van der Waals surface area contributed by atoms with Crippen molar-refractivity contribution >= 4 is 11.8 Å². The normalized spacial score (nSPS) is 29.3. The Balaban J connectivity index is 1.90. The SMILES string of the molecule is CC1CC(CC(=O)N2CCCCC2CNC(=O)CCN)CC(C)(C)C1. The van der Waals surface area contributed by atoms with E-state index in [1.165, 1.54) is 12.8 Å². The third-order valence-electron chi connectivity index (χ3n) is 5.80. The van der Waals surface area contributed by atoms with Gasteiger partial charge in [-0.05, 0) is 55.8 Å². The van der Waals surface area contributed by atoms with Crippen molar-refractivity contribution in [2.75, 3.05) is 19.6 Å². The number of hydrogen-bond donors (Lipinski definition) is 2. The summed E-state index contributed by atoms with van der Waals surface area (Å²) < 4.78 is 0. The fourth-order valence-corrected chi connectivity index (χ4v) is 5.06. The van der Waals surface area contributed by atoms with Gasteiger partial charge in [0.15, 0.2) is 0 Å². The van der Waals surface area contributed by atoms with Crippen LogP contribution < -0.4 is 11.1 Å². The van der Waals surface area contributed by atoms with Crippen molar-refractivity contribution in [3.8, 4) is 0 Å². The minimum absolute atomic E-state index is 0.0108. The molecule has 0 bridgehead atoms. The van der Waals surface area contributed by atoms with Crippen molar-refractivity contribution in [1.82, 2.24) is 10.2 Å². The van der Waals surface area contributed by atoms with E-state index in [9.17, 15) is 9.59 Å². The molecule has 2 amide bonds. The number of nitrogens with one attached hydrogen (secondary N) is 1. The number of hydrogen-bond acceptors (Lipinski definition) is 3. The van der Waals surface area contributed by atoms with Crippen LogP contribution in [0.25, 0.3) is 0 Å². The minimum Gasteiger partial charge on any atom is -0.354 e. The van der Waals surface area contributed by atoms with Gasteiger partial charge >= 0.3 is 0 Å². The Morgan fingerprint density at radius 2 is 2.00 bits per heavy atom. The molecule has 0 aromatic heterocycles. The molecule has 2 rings (SSSR count). The second kappa shape index (κ2) is 9.02. The van der Waals surface area contributed by atoms with Gasteiger partial charge in [-0.1, -0.05) is 20.8 Å². The minimum atomic E-state index is -0.0108. The summed E-state index contributed by atoms with van der Waals surface area (Å²) in [7, 11) is 0. The maximum absolute atomic E-state index is 13.0. The lowest BCUT2D eigenvalue weighted by molar-refractivity contribution is -0.137. The maximum Gasteiger partial charge on any atom is 0.223 e. The first-order valence-corrected chi connectivity index (χ1v) is 10.1. The number of nitrogens with two attached hydrogens (primary N) is 1. The first-order valence-electron chi connectivity index (χ1n) is 10.1. The van der Waals surface area contributed by atoms with Crippen molar-refractivity contribution < 1.29 is 9.59 Å². The topological polar surface area (TPSA) is 75.4 Å². The number of likely N-dealkylation sites (tertiary alicyclic amines) is 1. The van der Waals surface area contributed by atoms with Gasteiger partial charge in [0.1, 0.15) is 0 Å². The molecule has 1 aliphatic heterocycles. The summed E-state index contributed by atoms with van der Waals surface area (Å²) in [4.78, 5) is 26.7. The maximum atomic E-state index is 13.0. The summed E-state index contributed by atoms with van der Waals surface area (Å²) in [6, 6.07) is 0.150. The molecule has 2 aliphatic rings. The third kappa shape index (κ3) is 6.28. The lowest BCUT2D eigenvalue weighted by Gasteiger charge is -2.41. The molecule has 0 spiro atoms. The Morgan fingerprint density at radius 1 is 1.24 bits per heavy atom. The molecular weight excluding hydrogens is 314 g/mol. The van der Waals surface area contributed by atoms with Gasteiger partial charge in [-0.3, -0.25) is 9.59 Å². The molecule has 25 heavy (non-hydrogen) atoms. The summed E-state index contributed by atoms with van der Waals surface area (Å²) in [6.45, 7) is 8.75.